The summed E-state index contributed by atoms with van der Waals surface area (Å²) in [7, 11) is 0. The van der Waals surface area contributed by atoms with E-state index in [1.165, 1.54) is 4.90 Å². The molecule has 0 aromatic heterocycles. The summed E-state index contributed by atoms with van der Waals surface area (Å²) in [5, 5.41) is 3.04. The van der Waals surface area contributed by atoms with E-state index in [-0.39, 0.29) is 6.42 Å². The van der Waals surface area contributed by atoms with Crippen molar-refractivity contribution in [2.75, 3.05) is 26.2 Å². The zero-order valence-corrected chi connectivity index (χ0v) is 8.90. The van der Waals surface area contributed by atoms with Crippen LogP contribution in [0, 0.1) is 0 Å². The first kappa shape index (κ1) is 12.5. The van der Waals surface area contributed by atoms with E-state index in [0.29, 0.717) is 31.8 Å². The molecule has 88 valence electrons. The van der Waals surface area contributed by atoms with Gasteiger partial charge in [0, 0.05) is 26.2 Å². The Hall–Kier alpha value is -0.550. The Labute approximate surface area is 88.1 Å². The fraction of sp³-hybridized carbons (Fsp3) is 0.800. The minimum atomic E-state index is -4.16. The molecule has 0 bridgehead atoms. The average molecular weight is 222 g/mol. The first-order chi connectivity index (χ1) is 6.91. The molecule has 1 aliphatic heterocycles. The van der Waals surface area contributed by atoms with Gasteiger partial charge in [0.25, 0.3) is 0 Å². The summed E-state index contributed by atoms with van der Waals surface area (Å²) in [6.45, 7) is 7.37. The number of nitrogens with one attached hydrogen (secondary N) is 1. The lowest BCUT2D eigenvalue weighted by atomic mass is 10.1. The largest absolute Gasteiger partial charge is 0.404 e. The second kappa shape index (κ2) is 4.99. The van der Waals surface area contributed by atoms with Crippen molar-refractivity contribution >= 4 is 0 Å². The van der Waals surface area contributed by atoms with E-state index in [0.717, 1.165) is 0 Å². The van der Waals surface area contributed by atoms with Gasteiger partial charge in [-0.05, 0) is 13.3 Å². The molecule has 5 heteroatoms. The molecule has 1 saturated heterocycles. The normalized spacial score (nSPS) is 21.3. The van der Waals surface area contributed by atoms with E-state index in [1.807, 2.05) is 0 Å². The summed E-state index contributed by atoms with van der Waals surface area (Å²) in [6.07, 6.45) is -4.15. The molecular formula is C10H17F3N2. The average Bonchev–Trinajstić information content (AvgIpc) is 2.14. The third-order valence-electron chi connectivity index (χ3n) is 2.51. The van der Waals surface area contributed by atoms with Gasteiger partial charge in [0.15, 0.2) is 0 Å². The van der Waals surface area contributed by atoms with E-state index in [9.17, 15) is 13.2 Å². The standard InChI is InChI=1S/C10H17F3N2/c1-8(2)7-9(10(11,12)13)15-5-3-14-4-6-15/h9,14H,1,3-7H2,2H3/t9-/m0/s1. The van der Waals surface area contributed by atoms with Gasteiger partial charge in [-0.25, -0.2) is 0 Å². The highest BCUT2D eigenvalue weighted by molar-refractivity contribution is 4.97. The van der Waals surface area contributed by atoms with Crippen LogP contribution < -0.4 is 5.32 Å². The molecule has 0 saturated carbocycles. The molecule has 0 aliphatic carbocycles. The van der Waals surface area contributed by atoms with Crippen molar-refractivity contribution in [3.63, 3.8) is 0 Å². The van der Waals surface area contributed by atoms with Crippen LogP contribution in [0.2, 0.25) is 0 Å². The van der Waals surface area contributed by atoms with Gasteiger partial charge in [-0.2, -0.15) is 13.2 Å². The van der Waals surface area contributed by atoms with Crippen LogP contribution in [-0.2, 0) is 0 Å². The predicted octanol–water partition coefficient (Wildman–Crippen LogP) is 1.79. The Morgan fingerprint density at radius 1 is 1.40 bits per heavy atom. The van der Waals surface area contributed by atoms with Crippen LogP contribution >= 0.6 is 0 Å². The van der Waals surface area contributed by atoms with Gasteiger partial charge >= 0.3 is 6.18 Å². The van der Waals surface area contributed by atoms with Crippen LogP contribution in [0.1, 0.15) is 13.3 Å². The number of piperazine rings is 1. The number of halogens is 3. The second-order valence-corrected chi connectivity index (χ2v) is 4.00. The third kappa shape index (κ3) is 3.83. The van der Waals surface area contributed by atoms with Crippen LogP contribution in [0.4, 0.5) is 13.2 Å². The quantitative estimate of drug-likeness (QED) is 0.732. The van der Waals surface area contributed by atoms with E-state index in [1.54, 1.807) is 6.92 Å². The summed E-state index contributed by atoms with van der Waals surface area (Å²) >= 11 is 0. The van der Waals surface area contributed by atoms with E-state index >= 15 is 0 Å². The van der Waals surface area contributed by atoms with Crippen LogP contribution in [0.15, 0.2) is 12.2 Å². The summed E-state index contributed by atoms with van der Waals surface area (Å²) in [4.78, 5) is 1.49. The summed E-state index contributed by atoms with van der Waals surface area (Å²) < 4.78 is 38.3. The van der Waals surface area contributed by atoms with Crippen LogP contribution in [0.5, 0.6) is 0 Å². The van der Waals surface area contributed by atoms with Crippen molar-refractivity contribution < 1.29 is 13.2 Å². The SMILES string of the molecule is C=C(C)C[C@H](N1CCNCC1)C(F)(F)F. The lowest BCUT2D eigenvalue weighted by Crippen LogP contribution is -2.53. The summed E-state index contributed by atoms with van der Waals surface area (Å²) in [5.41, 5.74) is 0.579. The molecular weight excluding hydrogens is 205 g/mol. The zero-order valence-electron chi connectivity index (χ0n) is 8.90. The van der Waals surface area contributed by atoms with Gasteiger partial charge < -0.3 is 5.32 Å². The lowest BCUT2D eigenvalue weighted by Gasteiger charge is -2.36. The molecule has 0 aromatic carbocycles. The number of alkyl halides is 3. The third-order valence-corrected chi connectivity index (χ3v) is 2.51. The van der Waals surface area contributed by atoms with Crippen molar-refractivity contribution in [2.45, 2.75) is 25.6 Å². The highest BCUT2D eigenvalue weighted by atomic mass is 19.4. The smallest absolute Gasteiger partial charge is 0.314 e. The Kier molecular flexibility index (Phi) is 4.16. The van der Waals surface area contributed by atoms with Crippen LogP contribution in [-0.4, -0.2) is 43.3 Å². The fourth-order valence-electron chi connectivity index (χ4n) is 1.78. The van der Waals surface area contributed by atoms with Gasteiger partial charge in [0.05, 0.1) is 0 Å². The maximum Gasteiger partial charge on any atom is 0.404 e. The highest BCUT2D eigenvalue weighted by Gasteiger charge is 2.43. The monoisotopic (exact) mass is 222 g/mol. The number of hydrogen-bond donors (Lipinski definition) is 1. The molecule has 0 radical (unpaired) electrons. The summed E-state index contributed by atoms with van der Waals surface area (Å²) in [6, 6.07) is -1.36. The molecule has 2 nitrogen and oxygen atoms in total. The number of hydrogen-bond acceptors (Lipinski definition) is 2. The number of rotatable bonds is 3. The van der Waals surface area contributed by atoms with E-state index in [2.05, 4.69) is 11.9 Å². The van der Waals surface area contributed by atoms with Gasteiger partial charge in [0.2, 0.25) is 0 Å². The molecule has 1 heterocycles. The van der Waals surface area contributed by atoms with E-state index < -0.39 is 12.2 Å². The Morgan fingerprint density at radius 2 is 1.93 bits per heavy atom. The van der Waals surface area contributed by atoms with Gasteiger partial charge in [-0.15, -0.1) is 6.58 Å². The topological polar surface area (TPSA) is 15.3 Å². The second-order valence-electron chi connectivity index (χ2n) is 4.00. The Bertz CT molecular complexity index is 219. The predicted molar refractivity (Wildman–Crippen MR) is 53.7 cm³/mol. The fourth-order valence-corrected chi connectivity index (χ4v) is 1.78. The molecule has 0 amide bonds. The highest BCUT2D eigenvalue weighted by Crippen LogP contribution is 2.29. The Balaban J connectivity index is 2.66. The van der Waals surface area contributed by atoms with Crippen molar-refractivity contribution in [2.24, 2.45) is 0 Å². The molecule has 0 aromatic rings. The van der Waals surface area contributed by atoms with Crippen molar-refractivity contribution in [1.82, 2.24) is 10.2 Å². The first-order valence-corrected chi connectivity index (χ1v) is 5.07. The maximum absolute atomic E-state index is 12.8. The molecule has 15 heavy (non-hydrogen) atoms. The van der Waals surface area contributed by atoms with E-state index in [4.69, 9.17) is 0 Å². The maximum atomic E-state index is 12.8. The number of nitrogens with zero attached hydrogens (tertiary/aromatic N) is 1. The molecule has 1 aliphatic rings. The van der Waals surface area contributed by atoms with Crippen LogP contribution in [0.3, 0.4) is 0 Å². The summed E-state index contributed by atoms with van der Waals surface area (Å²) in [5.74, 6) is 0. The lowest BCUT2D eigenvalue weighted by molar-refractivity contribution is -0.184. The minimum Gasteiger partial charge on any atom is -0.314 e. The van der Waals surface area contributed by atoms with Gasteiger partial charge in [0.1, 0.15) is 6.04 Å². The van der Waals surface area contributed by atoms with Crippen molar-refractivity contribution in [3.8, 4) is 0 Å². The van der Waals surface area contributed by atoms with Crippen molar-refractivity contribution in [3.05, 3.63) is 12.2 Å². The minimum absolute atomic E-state index is 0.00347. The van der Waals surface area contributed by atoms with Gasteiger partial charge in [-0.3, -0.25) is 4.90 Å². The molecule has 1 N–H and O–H groups in total. The first-order valence-electron chi connectivity index (χ1n) is 5.07. The molecule has 1 fully saturated rings. The van der Waals surface area contributed by atoms with Crippen molar-refractivity contribution in [1.29, 1.82) is 0 Å². The molecule has 1 atom stereocenters. The van der Waals surface area contributed by atoms with Gasteiger partial charge in [-0.1, -0.05) is 5.57 Å². The molecule has 0 unspecified atom stereocenters. The molecule has 0 spiro atoms. The Morgan fingerprint density at radius 3 is 2.33 bits per heavy atom. The molecule has 1 rings (SSSR count). The van der Waals surface area contributed by atoms with Crippen LogP contribution in [0.25, 0.3) is 0 Å². The zero-order chi connectivity index (χ0) is 11.5.